The Morgan fingerprint density at radius 1 is 1.12 bits per heavy atom. The summed E-state index contributed by atoms with van der Waals surface area (Å²) < 4.78 is 17.1. The van der Waals surface area contributed by atoms with E-state index in [1.807, 2.05) is 0 Å². The lowest BCUT2D eigenvalue weighted by Gasteiger charge is -2.40. The maximum absolute atomic E-state index is 13.8. The van der Waals surface area contributed by atoms with Crippen LogP contribution in [-0.2, 0) is 23.5 Å². The van der Waals surface area contributed by atoms with Crippen molar-refractivity contribution in [3.05, 3.63) is 25.3 Å². The number of esters is 1. The van der Waals surface area contributed by atoms with Crippen molar-refractivity contribution in [2.45, 2.75) is 109 Å². The number of alkyl carbamates (subject to hydrolysis) is 1. The highest BCUT2D eigenvalue weighted by molar-refractivity contribution is 6.74. The minimum absolute atomic E-state index is 0.0481. The number of amides is 2. The molecule has 34 heavy (non-hydrogen) atoms. The lowest BCUT2D eigenvalue weighted by molar-refractivity contribution is -0.153. The van der Waals surface area contributed by atoms with Gasteiger partial charge in [0.25, 0.3) is 0 Å². The molecule has 8 nitrogen and oxygen atoms in total. The molecule has 2 amide bonds. The van der Waals surface area contributed by atoms with Crippen LogP contribution in [-0.4, -0.2) is 68.1 Å². The summed E-state index contributed by atoms with van der Waals surface area (Å²) in [6.07, 6.45) is 3.12. The number of ether oxygens (including phenoxy) is 2. The zero-order chi connectivity index (χ0) is 26.5. The van der Waals surface area contributed by atoms with Crippen molar-refractivity contribution in [2.75, 3.05) is 7.11 Å². The van der Waals surface area contributed by atoms with Crippen LogP contribution in [0.5, 0.6) is 0 Å². The van der Waals surface area contributed by atoms with Crippen LogP contribution in [0.25, 0.3) is 0 Å². The second-order valence-electron chi connectivity index (χ2n) is 11.3. The first kappa shape index (κ1) is 29.9. The van der Waals surface area contributed by atoms with Crippen LogP contribution < -0.4 is 5.32 Å². The number of nitrogens with zero attached hydrogens (tertiary/aromatic N) is 1. The van der Waals surface area contributed by atoms with E-state index < -0.39 is 50.0 Å². The lowest BCUT2D eigenvalue weighted by atomic mass is 10.1. The highest BCUT2D eigenvalue weighted by atomic mass is 28.4. The van der Waals surface area contributed by atoms with Gasteiger partial charge < -0.3 is 24.1 Å². The molecule has 0 bridgehead atoms. The summed E-state index contributed by atoms with van der Waals surface area (Å²) >= 11 is 0. The van der Waals surface area contributed by atoms with Gasteiger partial charge >= 0.3 is 12.1 Å². The molecule has 194 valence electrons. The van der Waals surface area contributed by atoms with Crippen LogP contribution in [0.15, 0.2) is 25.3 Å². The quantitative estimate of drug-likeness (QED) is 0.286. The van der Waals surface area contributed by atoms with Crippen molar-refractivity contribution < 1.29 is 28.3 Å². The molecule has 0 spiro atoms. The number of carbonyl (C=O) groups excluding carboxylic acids is 3. The van der Waals surface area contributed by atoms with E-state index in [0.29, 0.717) is 12.8 Å². The molecule has 9 heteroatoms. The van der Waals surface area contributed by atoms with E-state index in [2.05, 4.69) is 52.3 Å². The van der Waals surface area contributed by atoms with Gasteiger partial charge in [-0.05, 0) is 51.7 Å². The fraction of sp³-hybridized carbons (Fsp3) is 0.720. The molecular formula is C25H44N2O6Si. The summed E-state index contributed by atoms with van der Waals surface area (Å²) in [5.74, 6) is -0.923. The number of rotatable bonds is 9. The Bertz CT molecular complexity index is 768. The van der Waals surface area contributed by atoms with Crippen molar-refractivity contribution in [3.8, 4) is 0 Å². The SMILES string of the molecule is C=CC[C@H](NC(=O)OC(C)(C)C)C(=O)N1[C@H](CC=C)[C@H](O[Si](C)(C)C(C)(C)C)C[C@H]1C(=O)OC. The van der Waals surface area contributed by atoms with Crippen LogP contribution in [0.2, 0.25) is 18.1 Å². The van der Waals surface area contributed by atoms with Gasteiger partial charge in [-0.25, -0.2) is 9.59 Å². The Morgan fingerprint density at radius 3 is 2.15 bits per heavy atom. The Hall–Kier alpha value is -2.13. The number of nitrogens with one attached hydrogen (secondary N) is 1. The van der Waals surface area contributed by atoms with E-state index in [0.717, 1.165) is 0 Å². The normalized spacial score (nSPS) is 22.0. The maximum atomic E-state index is 13.8. The van der Waals surface area contributed by atoms with Gasteiger partial charge in [-0.15, -0.1) is 13.2 Å². The monoisotopic (exact) mass is 496 g/mol. The summed E-state index contributed by atoms with van der Waals surface area (Å²) in [7, 11) is -0.904. The molecule has 1 heterocycles. The van der Waals surface area contributed by atoms with E-state index in [9.17, 15) is 14.4 Å². The molecule has 0 radical (unpaired) electrons. The molecule has 0 aromatic rings. The van der Waals surface area contributed by atoms with Crippen molar-refractivity contribution >= 4 is 26.3 Å². The smallest absolute Gasteiger partial charge is 0.408 e. The highest BCUT2D eigenvalue weighted by Crippen LogP contribution is 2.41. The molecule has 4 atom stereocenters. The van der Waals surface area contributed by atoms with Crippen LogP contribution in [0.4, 0.5) is 4.79 Å². The minimum Gasteiger partial charge on any atom is -0.467 e. The average Bonchev–Trinajstić information content (AvgIpc) is 3.02. The van der Waals surface area contributed by atoms with Gasteiger partial charge in [0.05, 0.1) is 19.3 Å². The first-order valence-electron chi connectivity index (χ1n) is 11.8. The number of carbonyl (C=O) groups is 3. The number of hydrogen-bond donors (Lipinski definition) is 1. The van der Waals surface area contributed by atoms with Crippen LogP contribution >= 0.6 is 0 Å². The van der Waals surface area contributed by atoms with Crippen LogP contribution in [0.3, 0.4) is 0 Å². The lowest BCUT2D eigenvalue weighted by Crippen LogP contribution is -2.56. The molecule has 0 saturated carbocycles. The molecule has 0 aromatic heterocycles. The third kappa shape index (κ3) is 7.70. The van der Waals surface area contributed by atoms with Crippen molar-refractivity contribution in [1.82, 2.24) is 10.2 Å². The fourth-order valence-electron chi connectivity index (χ4n) is 3.70. The van der Waals surface area contributed by atoms with Crippen LogP contribution in [0, 0.1) is 0 Å². The predicted molar refractivity (Wildman–Crippen MR) is 136 cm³/mol. The second kappa shape index (κ2) is 11.5. The van der Waals surface area contributed by atoms with Gasteiger partial charge in [0.1, 0.15) is 17.7 Å². The topological polar surface area (TPSA) is 94.2 Å². The molecule has 1 saturated heterocycles. The molecule has 1 N–H and O–H groups in total. The third-order valence-corrected chi connectivity index (χ3v) is 10.9. The number of methoxy groups -OCH3 is 1. The zero-order valence-electron chi connectivity index (χ0n) is 22.4. The van der Waals surface area contributed by atoms with Crippen molar-refractivity contribution in [2.24, 2.45) is 0 Å². The molecule has 1 aliphatic heterocycles. The number of likely N-dealkylation sites (tertiary alicyclic amines) is 1. The first-order chi connectivity index (χ1) is 15.5. The largest absolute Gasteiger partial charge is 0.467 e. The molecule has 0 aromatic carbocycles. The summed E-state index contributed by atoms with van der Waals surface area (Å²) in [6, 6.07) is -2.20. The van der Waals surface area contributed by atoms with E-state index in [4.69, 9.17) is 13.9 Å². The standard InChI is InChI=1S/C25H44N2O6Si/c1-12-14-17(26-23(30)32-24(3,4)5)21(28)27-18(15-13-2)20(16-19(27)22(29)31-9)33-34(10,11)25(6,7)8/h12-13,17-20H,1-2,14-16H2,3-11H3,(H,26,30)/t17-,18+,19-,20+/m0/s1. The fourth-order valence-corrected chi connectivity index (χ4v) is 5.06. The molecule has 1 rings (SSSR count). The third-order valence-electron chi connectivity index (χ3n) is 6.36. The average molecular weight is 497 g/mol. The molecule has 1 aliphatic rings. The van der Waals surface area contributed by atoms with Gasteiger partial charge in [0, 0.05) is 6.42 Å². The molecule has 1 fully saturated rings. The highest BCUT2D eigenvalue weighted by Gasteiger charge is 2.52. The number of hydrogen-bond acceptors (Lipinski definition) is 6. The summed E-state index contributed by atoms with van der Waals surface area (Å²) in [5, 5.41) is 2.60. The summed E-state index contributed by atoms with van der Waals surface area (Å²) in [4.78, 5) is 40.5. The Morgan fingerprint density at radius 2 is 1.71 bits per heavy atom. The molecule has 0 unspecified atom stereocenters. The first-order valence-corrected chi connectivity index (χ1v) is 14.7. The predicted octanol–water partition coefficient (Wildman–Crippen LogP) is 4.56. The van der Waals surface area contributed by atoms with Gasteiger partial charge in [0.15, 0.2) is 8.32 Å². The minimum atomic E-state index is -2.21. The Balaban J connectivity index is 3.36. The van der Waals surface area contributed by atoms with E-state index in [1.165, 1.54) is 12.0 Å². The van der Waals surface area contributed by atoms with Gasteiger partial charge in [-0.2, -0.15) is 0 Å². The summed E-state index contributed by atoms with van der Waals surface area (Å²) in [5.41, 5.74) is -0.721. The Labute approximate surface area is 206 Å². The molecular weight excluding hydrogens is 452 g/mol. The van der Waals surface area contributed by atoms with E-state index >= 15 is 0 Å². The van der Waals surface area contributed by atoms with Gasteiger partial charge in [0.2, 0.25) is 5.91 Å². The van der Waals surface area contributed by atoms with E-state index in [1.54, 1.807) is 32.9 Å². The van der Waals surface area contributed by atoms with Gasteiger partial charge in [-0.3, -0.25) is 4.79 Å². The maximum Gasteiger partial charge on any atom is 0.408 e. The van der Waals surface area contributed by atoms with Gasteiger partial charge in [-0.1, -0.05) is 32.9 Å². The molecule has 0 aliphatic carbocycles. The summed E-state index contributed by atoms with van der Waals surface area (Å²) in [6.45, 7) is 23.5. The zero-order valence-corrected chi connectivity index (χ0v) is 23.4. The Kier molecular flexibility index (Phi) is 10.1. The van der Waals surface area contributed by atoms with E-state index in [-0.39, 0.29) is 17.6 Å². The van der Waals surface area contributed by atoms with Crippen molar-refractivity contribution in [3.63, 3.8) is 0 Å². The van der Waals surface area contributed by atoms with Crippen molar-refractivity contribution in [1.29, 1.82) is 0 Å². The second-order valence-corrected chi connectivity index (χ2v) is 16.0. The van der Waals surface area contributed by atoms with Crippen LogP contribution in [0.1, 0.15) is 60.8 Å².